The van der Waals surface area contributed by atoms with E-state index in [1.54, 1.807) is 0 Å². The summed E-state index contributed by atoms with van der Waals surface area (Å²) >= 11 is 0. The van der Waals surface area contributed by atoms with Crippen molar-refractivity contribution in [2.24, 2.45) is 0 Å². The Balaban J connectivity index is 2.27. The zero-order valence-electron chi connectivity index (χ0n) is 12.9. The van der Waals surface area contributed by atoms with E-state index in [1.807, 2.05) is 0 Å². The highest BCUT2D eigenvalue weighted by molar-refractivity contribution is 7.91. The van der Waals surface area contributed by atoms with Gasteiger partial charge in [0.1, 0.15) is 0 Å². The Hall–Kier alpha value is -0.130. The van der Waals surface area contributed by atoms with Crippen LogP contribution in [0.1, 0.15) is 47.0 Å². The highest BCUT2D eigenvalue weighted by atomic mass is 32.2. The van der Waals surface area contributed by atoms with Crippen LogP contribution >= 0.6 is 0 Å². The van der Waals surface area contributed by atoms with Crippen LogP contribution in [0.3, 0.4) is 0 Å². The van der Waals surface area contributed by atoms with E-state index in [1.165, 1.54) is 0 Å². The van der Waals surface area contributed by atoms with Crippen LogP contribution in [0.5, 0.6) is 0 Å². The minimum atomic E-state index is -2.78. The third-order valence-corrected chi connectivity index (χ3v) is 5.38. The molecule has 5 heteroatoms. The van der Waals surface area contributed by atoms with Crippen LogP contribution in [0.4, 0.5) is 0 Å². The normalized spacial score (nSPS) is 22.9. The second-order valence-corrected chi connectivity index (χ2v) is 9.01. The molecule has 1 unspecified atom stereocenters. The van der Waals surface area contributed by atoms with E-state index < -0.39 is 9.84 Å². The Morgan fingerprint density at radius 3 is 2.53 bits per heavy atom. The summed E-state index contributed by atoms with van der Waals surface area (Å²) in [7, 11) is -2.78. The number of sulfone groups is 1. The highest BCUT2D eigenvalue weighted by Gasteiger charge is 2.22. The van der Waals surface area contributed by atoms with Gasteiger partial charge in [0.05, 0.1) is 11.5 Å². The van der Waals surface area contributed by atoms with E-state index in [9.17, 15) is 8.42 Å². The molecule has 0 radical (unpaired) electrons. The van der Waals surface area contributed by atoms with Crippen LogP contribution in [-0.2, 0) is 9.84 Å². The first-order chi connectivity index (χ1) is 8.70. The van der Waals surface area contributed by atoms with E-state index in [0.29, 0.717) is 24.1 Å². The zero-order valence-corrected chi connectivity index (χ0v) is 13.7. The van der Waals surface area contributed by atoms with Crippen LogP contribution in [0, 0.1) is 0 Å². The Morgan fingerprint density at radius 2 is 1.89 bits per heavy atom. The molecule has 0 aromatic carbocycles. The maximum absolute atomic E-state index is 11.6. The molecule has 0 bridgehead atoms. The molecule has 1 saturated heterocycles. The molecule has 0 saturated carbocycles. The molecule has 0 aromatic rings. The second kappa shape index (κ2) is 7.04. The van der Waals surface area contributed by atoms with Crippen molar-refractivity contribution in [1.82, 2.24) is 10.2 Å². The van der Waals surface area contributed by atoms with Crippen molar-refractivity contribution in [3.05, 3.63) is 0 Å². The lowest BCUT2D eigenvalue weighted by Crippen LogP contribution is -2.38. The van der Waals surface area contributed by atoms with Gasteiger partial charge in [0.15, 0.2) is 9.84 Å². The van der Waals surface area contributed by atoms with Gasteiger partial charge in [-0.1, -0.05) is 0 Å². The molecule has 1 aliphatic heterocycles. The van der Waals surface area contributed by atoms with Crippen molar-refractivity contribution in [2.45, 2.75) is 58.5 Å². The molecule has 0 amide bonds. The first kappa shape index (κ1) is 16.9. The van der Waals surface area contributed by atoms with Gasteiger partial charge >= 0.3 is 0 Å². The number of rotatable bonds is 5. The lowest BCUT2D eigenvalue weighted by molar-refractivity contribution is 0.211. The average molecular weight is 290 g/mol. The topological polar surface area (TPSA) is 49.4 Å². The minimum Gasteiger partial charge on any atom is -0.312 e. The fourth-order valence-corrected chi connectivity index (χ4v) is 3.73. The van der Waals surface area contributed by atoms with E-state index >= 15 is 0 Å². The predicted molar refractivity (Wildman–Crippen MR) is 81.3 cm³/mol. The predicted octanol–water partition coefficient (Wildman–Crippen LogP) is 1.66. The summed E-state index contributed by atoms with van der Waals surface area (Å²) < 4.78 is 23.1. The van der Waals surface area contributed by atoms with Crippen molar-refractivity contribution in [3.63, 3.8) is 0 Å². The number of hydrogen-bond donors (Lipinski definition) is 1. The van der Waals surface area contributed by atoms with E-state index in [0.717, 1.165) is 32.4 Å². The Morgan fingerprint density at radius 1 is 1.21 bits per heavy atom. The van der Waals surface area contributed by atoms with Gasteiger partial charge in [-0.25, -0.2) is 8.42 Å². The highest BCUT2D eigenvalue weighted by Crippen LogP contribution is 2.12. The molecule has 1 atom stereocenters. The van der Waals surface area contributed by atoms with Gasteiger partial charge in [0.25, 0.3) is 0 Å². The molecule has 0 aliphatic carbocycles. The summed E-state index contributed by atoms with van der Waals surface area (Å²) in [5, 5.41) is 3.49. The minimum absolute atomic E-state index is 0.180. The maximum atomic E-state index is 11.6. The summed E-state index contributed by atoms with van der Waals surface area (Å²) in [5.41, 5.74) is 0.180. The van der Waals surface area contributed by atoms with Crippen molar-refractivity contribution >= 4 is 9.84 Å². The largest absolute Gasteiger partial charge is 0.312 e. The lowest BCUT2D eigenvalue weighted by atomic mass is 10.1. The molecular weight excluding hydrogens is 260 g/mol. The first-order valence-corrected chi connectivity index (χ1v) is 9.21. The van der Waals surface area contributed by atoms with Gasteiger partial charge in [-0.05, 0) is 60.0 Å². The van der Waals surface area contributed by atoms with Gasteiger partial charge in [-0.15, -0.1) is 0 Å². The van der Waals surface area contributed by atoms with Crippen LogP contribution in [0.2, 0.25) is 0 Å². The maximum Gasteiger partial charge on any atom is 0.151 e. The molecule has 19 heavy (non-hydrogen) atoms. The number of nitrogens with one attached hydrogen (secondary N) is 1. The molecule has 1 rings (SSSR count). The standard InChI is InChI=1S/C14H30N2O2S/c1-13(7-5-8-15-14(2,3)4)16-9-6-11-19(17,18)12-10-16/h13,15H,5-12H2,1-4H3. The van der Waals surface area contributed by atoms with E-state index in [4.69, 9.17) is 0 Å². The summed E-state index contributed by atoms with van der Waals surface area (Å²) in [6.45, 7) is 11.4. The first-order valence-electron chi connectivity index (χ1n) is 7.39. The van der Waals surface area contributed by atoms with E-state index in [-0.39, 0.29) is 5.54 Å². The molecule has 114 valence electrons. The van der Waals surface area contributed by atoms with Crippen molar-refractivity contribution in [1.29, 1.82) is 0 Å². The van der Waals surface area contributed by atoms with Crippen molar-refractivity contribution in [3.8, 4) is 0 Å². The number of hydrogen-bond acceptors (Lipinski definition) is 4. The molecule has 1 aliphatic rings. The van der Waals surface area contributed by atoms with E-state index in [2.05, 4.69) is 37.9 Å². The van der Waals surface area contributed by atoms with Gasteiger partial charge in [-0.2, -0.15) is 0 Å². The zero-order chi connectivity index (χ0) is 14.5. The summed E-state index contributed by atoms with van der Waals surface area (Å²) in [6.07, 6.45) is 3.05. The molecule has 1 heterocycles. The lowest BCUT2D eigenvalue weighted by Gasteiger charge is -2.28. The molecule has 1 N–H and O–H groups in total. The summed E-state index contributed by atoms with van der Waals surface area (Å²) in [6, 6.07) is 0.482. The summed E-state index contributed by atoms with van der Waals surface area (Å²) in [5.74, 6) is 0.694. The van der Waals surface area contributed by atoms with Gasteiger partial charge in [0, 0.05) is 18.1 Å². The Bertz CT molecular complexity index is 360. The summed E-state index contributed by atoms with van der Waals surface area (Å²) in [4.78, 5) is 2.33. The van der Waals surface area contributed by atoms with Gasteiger partial charge < -0.3 is 5.32 Å². The molecule has 4 nitrogen and oxygen atoms in total. The van der Waals surface area contributed by atoms with Crippen LogP contribution < -0.4 is 5.32 Å². The quantitative estimate of drug-likeness (QED) is 0.783. The number of nitrogens with zero attached hydrogens (tertiary/aromatic N) is 1. The van der Waals surface area contributed by atoms with Gasteiger partial charge in [0.2, 0.25) is 0 Å². The molecular formula is C14H30N2O2S. The SMILES string of the molecule is CC(CCCNC(C)(C)C)N1CCCS(=O)(=O)CC1. The monoisotopic (exact) mass is 290 g/mol. The van der Waals surface area contributed by atoms with Crippen LogP contribution in [0.15, 0.2) is 0 Å². The van der Waals surface area contributed by atoms with Crippen LogP contribution in [0.25, 0.3) is 0 Å². The Kier molecular flexibility index (Phi) is 6.27. The molecule has 0 spiro atoms. The Labute approximate surface area is 118 Å². The second-order valence-electron chi connectivity index (χ2n) is 6.71. The third kappa shape index (κ3) is 7.28. The third-order valence-electron chi connectivity index (χ3n) is 3.67. The fraction of sp³-hybridized carbons (Fsp3) is 1.00. The van der Waals surface area contributed by atoms with Crippen molar-refractivity contribution in [2.75, 3.05) is 31.1 Å². The average Bonchev–Trinajstić information content (AvgIpc) is 2.44. The van der Waals surface area contributed by atoms with Gasteiger partial charge in [-0.3, -0.25) is 4.90 Å². The molecule has 0 aromatic heterocycles. The smallest absolute Gasteiger partial charge is 0.151 e. The van der Waals surface area contributed by atoms with Crippen molar-refractivity contribution < 1.29 is 8.42 Å². The molecule has 1 fully saturated rings. The van der Waals surface area contributed by atoms with Crippen LogP contribution in [-0.4, -0.2) is 56.0 Å². The fourth-order valence-electron chi connectivity index (χ4n) is 2.44.